The molecule has 1 fully saturated rings. The van der Waals surface area contributed by atoms with Gasteiger partial charge in [-0.1, -0.05) is 22.9 Å². The molecule has 7 heteroatoms. The number of hydrogen-bond donors (Lipinski definition) is 0. The molecule has 21 heavy (non-hydrogen) atoms. The maximum atomic E-state index is 12.5. The molecule has 2 amide bonds. The largest absolute Gasteiger partial charge is 0.464 e. The molecule has 0 spiro atoms. The zero-order chi connectivity index (χ0) is 15.1. The molecule has 0 aliphatic carbocycles. The van der Waals surface area contributed by atoms with Crippen molar-refractivity contribution in [1.82, 2.24) is 0 Å². The maximum Gasteiger partial charge on any atom is 0.356 e. The number of oxime groups is 1. The number of methoxy groups -OCH3 is 1. The number of amides is 2. The molecule has 1 saturated heterocycles. The van der Waals surface area contributed by atoms with E-state index >= 15 is 0 Å². The van der Waals surface area contributed by atoms with Crippen molar-refractivity contribution >= 4 is 29.2 Å². The first-order valence-corrected chi connectivity index (χ1v) is 6.31. The van der Waals surface area contributed by atoms with Gasteiger partial charge in [0.1, 0.15) is 5.92 Å². The Hall–Kier alpha value is -2.70. The summed E-state index contributed by atoms with van der Waals surface area (Å²) in [7, 11) is 1.18. The van der Waals surface area contributed by atoms with Crippen molar-refractivity contribution in [3.05, 3.63) is 29.8 Å². The van der Waals surface area contributed by atoms with Crippen LogP contribution in [0, 0.1) is 12.8 Å². The molecule has 0 bridgehead atoms. The highest BCUT2D eigenvalue weighted by Gasteiger charge is 2.57. The fourth-order valence-corrected chi connectivity index (χ4v) is 2.40. The summed E-state index contributed by atoms with van der Waals surface area (Å²) in [6, 6.07) is 6.92. The number of esters is 1. The summed E-state index contributed by atoms with van der Waals surface area (Å²) < 4.78 is 4.55. The number of carbonyl (C=O) groups is 3. The highest BCUT2D eigenvalue weighted by Crippen LogP contribution is 2.33. The molecule has 0 saturated carbocycles. The number of carbonyl (C=O) groups excluding carboxylic acids is 3. The van der Waals surface area contributed by atoms with Crippen molar-refractivity contribution in [3.63, 3.8) is 0 Å². The summed E-state index contributed by atoms with van der Waals surface area (Å²) in [5.74, 6) is -2.87. The van der Waals surface area contributed by atoms with E-state index in [1.54, 1.807) is 24.3 Å². The van der Waals surface area contributed by atoms with Gasteiger partial charge in [-0.2, -0.15) is 0 Å². The first kappa shape index (κ1) is 13.3. The van der Waals surface area contributed by atoms with Crippen LogP contribution in [0.3, 0.4) is 0 Å². The molecule has 2 aliphatic rings. The lowest BCUT2D eigenvalue weighted by atomic mass is 10.00. The van der Waals surface area contributed by atoms with Crippen molar-refractivity contribution in [2.24, 2.45) is 11.1 Å². The zero-order valence-electron chi connectivity index (χ0n) is 11.4. The number of aryl methyl sites for hydroxylation is 1. The van der Waals surface area contributed by atoms with Gasteiger partial charge in [-0.05, 0) is 19.1 Å². The van der Waals surface area contributed by atoms with Gasteiger partial charge in [0.05, 0.1) is 12.8 Å². The number of anilines is 1. The Balaban J connectivity index is 1.95. The Morgan fingerprint density at radius 1 is 1.24 bits per heavy atom. The zero-order valence-corrected chi connectivity index (χ0v) is 11.4. The van der Waals surface area contributed by atoms with Crippen LogP contribution in [-0.2, 0) is 24.0 Å². The topological polar surface area (TPSA) is 85.3 Å². The van der Waals surface area contributed by atoms with Crippen LogP contribution >= 0.6 is 0 Å². The van der Waals surface area contributed by atoms with Gasteiger partial charge >= 0.3 is 5.97 Å². The molecule has 3 rings (SSSR count). The molecular formula is C14H12N2O5. The molecule has 0 N–H and O–H groups in total. The van der Waals surface area contributed by atoms with E-state index in [0.717, 1.165) is 10.5 Å². The predicted molar refractivity (Wildman–Crippen MR) is 71.5 cm³/mol. The quantitative estimate of drug-likeness (QED) is 0.581. The van der Waals surface area contributed by atoms with Crippen LogP contribution < -0.4 is 4.90 Å². The molecule has 0 radical (unpaired) electrons. The van der Waals surface area contributed by atoms with E-state index in [4.69, 9.17) is 4.84 Å². The Morgan fingerprint density at radius 3 is 2.52 bits per heavy atom. The number of ether oxygens (including phenoxy) is 1. The van der Waals surface area contributed by atoms with E-state index in [2.05, 4.69) is 9.89 Å². The molecule has 2 unspecified atom stereocenters. The summed E-state index contributed by atoms with van der Waals surface area (Å²) in [6.45, 7) is 1.90. The molecule has 0 aromatic heterocycles. The average molecular weight is 288 g/mol. The van der Waals surface area contributed by atoms with E-state index in [1.807, 2.05) is 6.92 Å². The SMILES string of the molecule is COC(=O)C1=NOC2C(=O)N(c3ccc(C)cc3)C(=O)C12. The van der Waals surface area contributed by atoms with Crippen LogP contribution in [0.5, 0.6) is 0 Å². The number of fused-ring (bicyclic) bond motifs is 1. The summed E-state index contributed by atoms with van der Waals surface area (Å²) in [5, 5.41) is 3.51. The first-order valence-electron chi connectivity index (χ1n) is 6.31. The Kier molecular flexibility index (Phi) is 2.97. The minimum atomic E-state index is -1.09. The van der Waals surface area contributed by atoms with Gasteiger partial charge in [-0.3, -0.25) is 9.59 Å². The molecule has 7 nitrogen and oxygen atoms in total. The number of rotatable bonds is 2. The van der Waals surface area contributed by atoms with Crippen LogP contribution in [0.25, 0.3) is 0 Å². The standard InChI is InChI=1S/C14H12N2O5/c1-7-3-5-8(6-4-7)16-12(17)9-10(14(19)20-2)15-21-11(9)13(16)18/h3-6,9,11H,1-2H3. The fraction of sp³-hybridized carbons (Fsp3) is 0.286. The second-order valence-electron chi connectivity index (χ2n) is 4.82. The minimum absolute atomic E-state index is 0.171. The van der Waals surface area contributed by atoms with Gasteiger partial charge in [0.2, 0.25) is 12.0 Å². The van der Waals surface area contributed by atoms with Crippen LogP contribution in [0.4, 0.5) is 5.69 Å². The molecule has 1 aromatic carbocycles. The van der Waals surface area contributed by atoms with E-state index in [1.165, 1.54) is 7.11 Å². The second-order valence-corrected chi connectivity index (χ2v) is 4.82. The van der Waals surface area contributed by atoms with Crippen LogP contribution in [0.1, 0.15) is 5.56 Å². The summed E-state index contributed by atoms with van der Waals surface area (Å²) in [4.78, 5) is 42.3. The van der Waals surface area contributed by atoms with Gasteiger partial charge in [0, 0.05) is 0 Å². The van der Waals surface area contributed by atoms with Crippen molar-refractivity contribution in [1.29, 1.82) is 0 Å². The van der Waals surface area contributed by atoms with Crippen LogP contribution in [0.2, 0.25) is 0 Å². The number of hydrogen-bond acceptors (Lipinski definition) is 6. The van der Waals surface area contributed by atoms with Gasteiger partial charge in [-0.25, -0.2) is 9.69 Å². The van der Waals surface area contributed by atoms with E-state index in [-0.39, 0.29) is 5.71 Å². The van der Waals surface area contributed by atoms with E-state index < -0.39 is 29.8 Å². The summed E-state index contributed by atoms with van der Waals surface area (Å²) in [5.41, 5.74) is 1.28. The number of benzene rings is 1. The van der Waals surface area contributed by atoms with Crippen molar-refractivity contribution < 1.29 is 24.0 Å². The fourth-order valence-electron chi connectivity index (χ4n) is 2.40. The van der Waals surface area contributed by atoms with Gasteiger partial charge in [-0.15, -0.1) is 0 Å². The molecule has 1 aromatic rings. The van der Waals surface area contributed by atoms with Crippen LogP contribution in [-0.4, -0.2) is 36.7 Å². The summed E-state index contributed by atoms with van der Waals surface area (Å²) >= 11 is 0. The highest BCUT2D eigenvalue weighted by molar-refractivity contribution is 6.46. The smallest absolute Gasteiger partial charge is 0.356 e. The molecule has 2 heterocycles. The molecule has 108 valence electrons. The Labute approximate surface area is 120 Å². The summed E-state index contributed by atoms with van der Waals surface area (Å²) in [6.07, 6.45) is -1.09. The third-order valence-electron chi connectivity index (χ3n) is 3.50. The predicted octanol–water partition coefficient (Wildman–Crippen LogP) is 0.412. The van der Waals surface area contributed by atoms with Gasteiger partial charge in [0.15, 0.2) is 5.71 Å². The van der Waals surface area contributed by atoms with Crippen molar-refractivity contribution in [2.45, 2.75) is 13.0 Å². The first-order chi connectivity index (χ1) is 10.0. The lowest BCUT2D eigenvalue weighted by molar-refractivity contribution is -0.133. The minimum Gasteiger partial charge on any atom is -0.464 e. The molecule has 2 atom stereocenters. The van der Waals surface area contributed by atoms with Crippen molar-refractivity contribution in [2.75, 3.05) is 12.0 Å². The third kappa shape index (κ3) is 1.89. The average Bonchev–Trinajstić information content (AvgIpc) is 3.01. The van der Waals surface area contributed by atoms with Crippen LogP contribution in [0.15, 0.2) is 29.4 Å². The maximum absolute atomic E-state index is 12.5. The van der Waals surface area contributed by atoms with E-state index in [0.29, 0.717) is 5.69 Å². The Morgan fingerprint density at radius 2 is 1.90 bits per heavy atom. The van der Waals surface area contributed by atoms with Gasteiger partial charge in [0.25, 0.3) is 5.91 Å². The lowest BCUT2D eigenvalue weighted by Crippen LogP contribution is -2.34. The second kappa shape index (κ2) is 4.69. The van der Waals surface area contributed by atoms with E-state index in [9.17, 15) is 14.4 Å². The number of nitrogens with zero attached hydrogens (tertiary/aromatic N) is 2. The lowest BCUT2D eigenvalue weighted by Gasteiger charge is -2.15. The highest BCUT2D eigenvalue weighted by atomic mass is 16.7. The Bertz CT molecular complexity index is 664. The van der Waals surface area contributed by atoms with Crippen molar-refractivity contribution in [3.8, 4) is 0 Å². The normalized spacial score (nSPS) is 23.7. The molecular weight excluding hydrogens is 276 g/mol. The van der Waals surface area contributed by atoms with Gasteiger partial charge < -0.3 is 9.57 Å². The molecule has 2 aliphatic heterocycles. The monoisotopic (exact) mass is 288 g/mol. The number of imide groups is 1. The third-order valence-corrected chi connectivity index (χ3v) is 3.50.